The Kier molecular flexibility index (Phi) is 5.13. The summed E-state index contributed by atoms with van der Waals surface area (Å²) in [6.07, 6.45) is 0.596. The molecule has 0 aromatic heterocycles. The van der Waals surface area contributed by atoms with E-state index in [1.807, 2.05) is 13.0 Å². The Balaban J connectivity index is 1.95. The number of halogens is 1. The van der Waals surface area contributed by atoms with Crippen LogP contribution in [0.3, 0.4) is 0 Å². The first-order valence-corrected chi connectivity index (χ1v) is 7.17. The van der Waals surface area contributed by atoms with Crippen LogP contribution < -0.4 is 0 Å². The molecule has 1 aromatic carbocycles. The number of hydrogen-bond donors (Lipinski definition) is 0. The van der Waals surface area contributed by atoms with Crippen molar-refractivity contribution in [2.24, 2.45) is 5.92 Å². The normalized spacial score (nSPS) is 26.9. The molecule has 1 aliphatic heterocycles. The van der Waals surface area contributed by atoms with Gasteiger partial charge in [-0.25, -0.2) is 4.39 Å². The van der Waals surface area contributed by atoms with E-state index in [9.17, 15) is 4.39 Å². The lowest BCUT2D eigenvalue weighted by atomic mass is 10.0. The minimum atomic E-state index is -0.479. The molecule has 4 heteroatoms. The van der Waals surface area contributed by atoms with E-state index in [0.717, 1.165) is 6.42 Å². The molecule has 0 atom stereocenters. The van der Waals surface area contributed by atoms with Crippen LogP contribution in [0.2, 0.25) is 0 Å². The molecule has 0 amide bonds. The molecule has 0 aliphatic carbocycles. The molecular weight excluding hydrogens is 259 g/mol. The second kappa shape index (κ2) is 6.66. The molecule has 112 valence electrons. The summed E-state index contributed by atoms with van der Waals surface area (Å²) in [5.41, 5.74) is 0.0829. The standard InChI is InChI=1S/C16H23FO3/c1-4-16(10-18-15(12(2)3)19-11-16)20-9-13-7-5-6-8-14(13)17/h5-8,12,15H,4,9-11H2,1-3H3/t15-,16+. The van der Waals surface area contributed by atoms with Crippen molar-refractivity contribution in [1.82, 2.24) is 0 Å². The van der Waals surface area contributed by atoms with Crippen molar-refractivity contribution in [3.05, 3.63) is 35.6 Å². The molecule has 1 aromatic rings. The predicted molar refractivity (Wildman–Crippen MR) is 74.7 cm³/mol. The molecule has 2 rings (SSSR count). The van der Waals surface area contributed by atoms with Gasteiger partial charge < -0.3 is 14.2 Å². The molecule has 0 saturated carbocycles. The highest BCUT2D eigenvalue weighted by atomic mass is 19.1. The first-order valence-electron chi connectivity index (χ1n) is 7.17. The van der Waals surface area contributed by atoms with E-state index in [2.05, 4.69) is 13.8 Å². The lowest BCUT2D eigenvalue weighted by molar-refractivity contribution is -0.281. The van der Waals surface area contributed by atoms with E-state index in [0.29, 0.717) is 24.7 Å². The van der Waals surface area contributed by atoms with E-state index in [4.69, 9.17) is 14.2 Å². The fourth-order valence-electron chi connectivity index (χ4n) is 2.18. The monoisotopic (exact) mass is 282 g/mol. The fraction of sp³-hybridized carbons (Fsp3) is 0.625. The summed E-state index contributed by atoms with van der Waals surface area (Å²) >= 11 is 0. The molecule has 0 radical (unpaired) electrons. The van der Waals surface area contributed by atoms with Gasteiger partial charge in [0.2, 0.25) is 0 Å². The first-order chi connectivity index (χ1) is 9.56. The molecule has 1 fully saturated rings. The van der Waals surface area contributed by atoms with Gasteiger partial charge in [0.15, 0.2) is 6.29 Å². The zero-order valence-corrected chi connectivity index (χ0v) is 12.4. The SMILES string of the molecule is CC[C@]1(OCc2ccccc2F)CO[C@@H](C(C)C)OC1. The second-order valence-electron chi connectivity index (χ2n) is 5.65. The maximum atomic E-state index is 13.6. The fourth-order valence-corrected chi connectivity index (χ4v) is 2.18. The quantitative estimate of drug-likeness (QED) is 0.827. The van der Waals surface area contributed by atoms with Crippen molar-refractivity contribution in [2.45, 2.75) is 45.7 Å². The molecule has 1 saturated heterocycles. The van der Waals surface area contributed by atoms with Crippen molar-refractivity contribution in [3.63, 3.8) is 0 Å². The first kappa shape index (κ1) is 15.4. The molecule has 0 N–H and O–H groups in total. The van der Waals surface area contributed by atoms with E-state index in [1.54, 1.807) is 12.1 Å². The van der Waals surface area contributed by atoms with Gasteiger partial charge in [0.05, 0.1) is 19.8 Å². The molecule has 0 unspecified atom stereocenters. The Bertz CT molecular complexity index is 425. The Hall–Kier alpha value is -0.970. The van der Waals surface area contributed by atoms with Crippen LogP contribution >= 0.6 is 0 Å². The van der Waals surface area contributed by atoms with Crippen LogP contribution in [-0.2, 0) is 20.8 Å². The average molecular weight is 282 g/mol. The van der Waals surface area contributed by atoms with E-state index >= 15 is 0 Å². The molecule has 0 spiro atoms. The zero-order valence-electron chi connectivity index (χ0n) is 12.4. The van der Waals surface area contributed by atoms with Crippen LogP contribution in [-0.4, -0.2) is 25.1 Å². The summed E-state index contributed by atoms with van der Waals surface area (Å²) in [5.74, 6) is 0.0767. The van der Waals surface area contributed by atoms with Gasteiger partial charge in [-0.05, 0) is 12.5 Å². The Morgan fingerprint density at radius 2 is 1.95 bits per heavy atom. The highest BCUT2D eigenvalue weighted by molar-refractivity contribution is 5.16. The van der Waals surface area contributed by atoms with Crippen LogP contribution in [0.4, 0.5) is 4.39 Å². The highest BCUT2D eigenvalue weighted by Crippen LogP contribution is 2.27. The van der Waals surface area contributed by atoms with E-state index in [1.165, 1.54) is 6.07 Å². The van der Waals surface area contributed by atoms with Gasteiger partial charge in [0, 0.05) is 11.5 Å². The van der Waals surface area contributed by atoms with Crippen molar-refractivity contribution < 1.29 is 18.6 Å². The van der Waals surface area contributed by atoms with Gasteiger partial charge in [-0.3, -0.25) is 0 Å². The largest absolute Gasteiger partial charge is 0.365 e. The lowest BCUT2D eigenvalue weighted by Crippen LogP contribution is -2.50. The van der Waals surface area contributed by atoms with E-state index in [-0.39, 0.29) is 18.7 Å². The van der Waals surface area contributed by atoms with Crippen LogP contribution in [0.15, 0.2) is 24.3 Å². The topological polar surface area (TPSA) is 27.7 Å². The van der Waals surface area contributed by atoms with Crippen molar-refractivity contribution in [3.8, 4) is 0 Å². The van der Waals surface area contributed by atoms with Gasteiger partial charge in [0.1, 0.15) is 11.4 Å². The summed E-state index contributed by atoms with van der Waals surface area (Å²) in [7, 11) is 0. The Morgan fingerprint density at radius 3 is 2.50 bits per heavy atom. The third-order valence-corrected chi connectivity index (χ3v) is 3.70. The summed E-state index contributed by atoms with van der Waals surface area (Å²) in [4.78, 5) is 0. The molecule has 0 bridgehead atoms. The predicted octanol–water partition coefficient (Wildman–Crippen LogP) is 3.52. The summed E-state index contributed by atoms with van der Waals surface area (Å²) < 4.78 is 31.0. The number of ether oxygens (including phenoxy) is 3. The van der Waals surface area contributed by atoms with Gasteiger partial charge in [-0.15, -0.1) is 0 Å². The lowest BCUT2D eigenvalue weighted by Gasteiger charge is -2.40. The molecule has 20 heavy (non-hydrogen) atoms. The van der Waals surface area contributed by atoms with Crippen LogP contribution in [0, 0.1) is 11.7 Å². The van der Waals surface area contributed by atoms with Gasteiger partial charge in [-0.1, -0.05) is 39.0 Å². The minimum Gasteiger partial charge on any atom is -0.365 e. The van der Waals surface area contributed by atoms with Gasteiger partial charge in [0.25, 0.3) is 0 Å². The van der Waals surface area contributed by atoms with Crippen molar-refractivity contribution in [1.29, 1.82) is 0 Å². The molecule has 1 aliphatic rings. The Labute approximate surface area is 120 Å². The number of hydrogen-bond acceptors (Lipinski definition) is 3. The van der Waals surface area contributed by atoms with Crippen LogP contribution in [0.5, 0.6) is 0 Å². The highest BCUT2D eigenvalue weighted by Gasteiger charge is 2.37. The minimum absolute atomic E-state index is 0.174. The summed E-state index contributed by atoms with van der Waals surface area (Å²) in [6, 6.07) is 6.66. The summed E-state index contributed by atoms with van der Waals surface area (Å²) in [6.45, 7) is 7.36. The average Bonchev–Trinajstić information content (AvgIpc) is 2.47. The van der Waals surface area contributed by atoms with Gasteiger partial charge in [-0.2, -0.15) is 0 Å². The smallest absolute Gasteiger partial charge is 0.160 e. The van der Waals surface area contributed by atoms with Gasteiger partial charge >= 0.3 is 0 Å². The third-order valence-electron chi connectivity index (χ3n) is 3.70. The maximum Gasteiger partial charge on any atom is 0.160 e. The van der Waals surface area contributed by atoms with Crippen LogP contribution in [0.25, 0.3) is 0 Å². The molecule has 3 nitrogen and oxygen atoms in total. The van der Waals surface area contributed by atoms with E-state index < -0.39 is 5.60 Å². The third kappa shape index (κ3) is 3.57. The molecule has 1 heterocycles. The number of rotatable bonds is 5. The zero-order chi connectivity index (χ0) is 14.6. The molecular formula is C16H23FO3. The summed E-state index contributed by atoms with van der Waals surface area (Å²) in [5, 5.41) is 0. The van der Waals surface area contributed by atoms with Crippen LogP contribution in [0.1, 0.15) is 32.8 Å². The van der Waals surface area contributed by atoms with Crippen molar-refractivity contribution >= 4 is 0 Å². The second-order valence-corrected chi connectivity index (χ2v) is 5.65. The Morgan fingerprint density at radius 1 is 1.30 bits per heavy atom. The maximum absolute atomic E-state index is 13.6. The number of benzene rings is 1. The van der Waals surface area contributed by atoms with Crippen molar-refractivity contribution in [2.75, 3.05) is 13.2 Å².